The first kappa shape index (κ1) is 21.1. The zero-order chi connectivity index (χ0) is 20.0. The van der Waals surface area contributed by atoms with E-state index in [2.05, 4.69) is 33.5 Å². The van der Waals surface area contributed by atoms with Gasteiger partial charge in [0, 0.05) is 10.2 Å². The van der Waals surface area contributed by atoms with E-state index in [1.807, 2.05) is 0 Å². The number of esters is 1. The minimum atomic E-state index is -0.675. The van der Waals surface area contributed by atoms with Crippen molar-refractivity contribution < 1.29 is 23.8 Å². The van der Waals surface area contributed by atoms with Crippen molar-refractivity contribution >= 4 is 27.9 Å². The van der Waals surface area contributed by atoms with Gasteiger partial charge in [0.25, 0.3) is 0 Å². The van der Waals surface area contributed by atoms with Gasteiger partial charge in [0.15, 0.2) is 11.5 Å². The fraction of sp³-hybridized carbons (Fsp3) is 0.474. The highest BCUT2D eigenvalue weighted by Crippen LogP contribution is 2.39. The summed E-state index contributed by atoms with van der Waals surface area (Å²) in [6, 6.07) is 2.48. The van der Waals surface area contributed by atoms with Crippen molar-refractivity contribution in [3.8, 4) is 11.5 Å². The van der Waals surface area contributed by atoms with E-state index in [-0.39, 0.29) is 12.6 Å². The number of hydrogen-bond donors (Lipinski definition) is 2. The van der Waals surface area contributed by atoms with Crippen molar-refractivity contribution in [2.45, 2.75) is 39.7 Å². The van der Waals surface area contributed by atoms with E-state index in [1.165, 1.54) is 0 Å². The number of benzene rings is 1. The molecule has 1 aliphatic heterocycles. The van der Waals surface area contributed by atoms with Gasteiger partial charge < -0.3 is 24.8 Å². The molecular weight excluding hydrogens is 416 g/mol. The van der Waals surface area contributed by atoms with Crippen LogP contribution in [0.1, 0.15) is 45.2 Å². The van der Waals surface area contributed by atoms with Crippen LogP contribution in [0.2, 0.25) is 0 Å². The smallest absolute Gasteiger partial charge is 0.338 e. The topological polar surface area (TPSA) is 85.9 Å². The van der Waals surface area contributed by atoms with Crippen LogP contribution in [-0.4, -0.2) is 32.3 Å². The van der Waals surface area contributed by atoms with Crippen molar-refractivity contribution in [3.63, 3.8) is 0 Å². The molecule has 0 radical (unpaired) electrons. The van der Waals surface area contributed by atoms with Crippen molar-refractivity contribution in [2.24, 2.45) is 0 Å². The van der Waals surface area contributed by atoms with E-state index in [0.29, 0.717) is 39.4 Å². The average Bonchev–Trinajstić information content (AvgIpc) is 2.61. The average molecular weight is 441 g/mol. The predicted octanol–water partition coefficient (Wildman–Crippen LogP) is 3.83. The molecule has 2 amide bonds. The molecule has 0 spiro atoms. The molecule has 1 unspecified atom stereocenters. The van der Waals surface area contributed by atoms with Crippen LogP contribution in [0.15, 0.2) is 27.9 Å². The predicted molar refractivity (Wildman–Crippen MR) is 105 cm³/mol. The van der Waals surface area contributed by atoms with Gasteiger partial charge in [0.2, 0.25) is 0 Å². The number of rotatable bonds is 8. The van der Waals surface area contributed by atoms with Gasteiger partial charge in [-0.2, -0.15) is 0 Å². The summed E-state index contributed by atoms with van der Waals surface area (Å²) in [6.45, 7) is 6.32. The lowest BCUT2D eigenvalue weighted by molar-refractivity contribution is -0.139. The maximum Gasteiger partial charge on any atom is 0.338 e. The van der Waals surface area contributed by atoms with E-state index in [0.717, 1.165) is 12.8 Å². The maximum atomic E-state index is 12.5. The number of methoxy groups -OCH3 is 1. The number of hydrogen-bond acceptors (Lipinski definition) is 5. The molecule has 0 bridgehead atoms. The number of ether oxygens (including phenoxy) is 3. The number of allylic oxidation sites excluding steroid dienone is 1. The molecular formula is C19H25BrN2O5. The second-order valence-corrected chi connectivity index (χ2v) is 6.87. The summed E-state index contributed by atoms with van der Waals surface area (Å²) in [7, 11) is 1.55. The number of carbonyl (C=O) groups is 2. The Hall–Kier alpha value is -2.22. The summed E-state index contributed by atoms with van der Waals surface area (Å²) in [5, 5.41) is 5.40. The maximum absolute atomic E-state index is 12.5. The first-order chi connectivity index (χ1) is 12.9. The standard InChI is InChI=1S/C19H25BrN2O5/c1-5-7-8-27-15-10-13(20)12(9-14(15)25-4)17-16(18(23)26-6-2)11(3)21-19(24)22-17/h9-10,17H,5-8H2,1-4H3,(H2,21,22,24). The van der Waals surface area contributed by atoms with Crippen molar-refractivity contribution in [3.05, 3.63) is 33.4 Å². The van der Waals surface area contributed by atoms with E-state index < -0.39 is 12.0 Å². The van der Waals surface area contributed by atoms with Crippen LogP contribution in [0, 0.1) is 0 Å². The van der Waals surface area contributed by atoms with Crippen LogP contribution in [0.4, 0.5) is 4.79 Å². The molecule has 0 saturated carbocycles. The first-order valence-electron chi connectivity index (χ1n) is 8.88. The van der Waals surface area contributed by atoms with Crippen molar-refractivity contribution in [1.29, 1.82) is 0 Å². The molecule has 0 saturated heterocycles. The molecule has 0 fully saturated rings. The van der Waals surface area contributed by atoms with Gasteiger partial charge in [0.05, 0.1) is 31.9 Å². The molecule has 8 heteroatoms. The van der Waals surface area contributed by atoms with Crippen molar-refractivity contribution in [1.82, 2.24) is 10.6 Å². The Kier molecular flexibility index (Phi) is 7.53. The van der Waals surface area contributed by atoms with Gasteiger partial charge in [-0.25, -0.2) is 9.59 Å². The number of amides is 2. The van der Waals surface area contributed by atoms with E-state index in [4.69, 9.17) is 14.2 Å². The third kappa shape index (κ3) is 4.94. The van der Waals surface area contributed by atoms with Gasteiger partial charge >= 0.3 is 12.0 Å². The van der Waals surface area contributed by atoms with Crippen molar-refractivity contribution in [2.75, 3.05) is 20.3 Å². The third-order valence-corrected chi connectivity index (χ3v) is 4.80. The lowest BCUT2D eigenvalue weighted by atomic mass is 9.95. The normalized spacial score (nSPS) is 16.5. The summed E-state index contributed by atoms with van der Waals surface area (Å²) in [4.78, 5) is 24.5. The Morgan fingerprint density at radius 1 is 1.26 bits per heavy atom. The number of halogens is 1. The fourth-order valence-corrected chi connectivity index (χ4v) is 3.33. The van der Waals surface area contributed by atoms with Gasteiger partial charge in [-0.3, -0.25) is 0 Å². The molecule has 0 aliphatic carbocycles. The summed E-state index contributed by atoms with van der Waals surface area (Å²) >= 11 is 3.53. The minimum absolute atomic E-state index is 0.241. The van der Waals surface area contributed by atoms with Gasteiger partial charge in [0.1, 0.15) is 0 Å². The molecule has 7 nitrogen and oxygen atoms in total. The Labute approximate surface area is 167 Å². The minimum Gasteiger partial charge on any atom is -0.493 e. The highest BCUT2D eigenvalue weighted by Gasteiger charge is 2.34. The molecule has 27 heavy (non-hydrogen) atoms. The molecule has 148 valence electrons. The van der Waals surface area contributed by atoms with E-state index >= 15 is 0 Å². The van der Waals surface area contributed by atoms with Gasteiger partial charge in [-0.05, 0) is 38.0 Å². The summed E-state index contributed by atoms with van der Waals surface area (Å²) < 4.78 is 17.1. The van der Waals surface area contributed by atoms with Crippen LogP contribution in [0.3, 0.4) is 0 Å². The number of unbranched alkanes of at least 4 members (excludes halogenated alkanes) is 1. The van der Waals surface area contributed by atoms with E-state index in [9.17, 15) is 9.59 Å². The molecule has 1 heterocycles. The summed E-state index contributed by atoms with van der Waals surface area (Å²) in [6.07, 6.45) is 1.96. The zero-order valence-corrected chi connectivity index (χ0v) is 17.6. The Morgan fingerprint density at radius 3 is 2.63 bits per heavy atom. The van der Waals surface area contributed by atoms with Crippen LogP contribution < -0.4 is 20.1 Å². The van der Waals surface area contributed by atoms with Crippen LogP contribution in [-0.2, 0) is 9.53 Å². The quantitative estimate of drug-likeness (QED) is 0.473. The summed E-state index contributed by atoms with van der Waals surface area (Å²) in [5.74, 6) is 0.639. The van der Waals surface area contributed by atoms with Crippen LogP contribution >= 0.6 is 15.9 Å². The van der Waals surface area contributed by atoms with E-state index in [1.54, 1.807) is 33.1 Å². The number of nitrogens with one attached hydrogen (secondary N) is 2. The summed E-state index contributed by atoms with van der Waals surface area (Å²) in [5.41, 5.74) is 1.47. The molecule has 1 aliphatic rings. The molecule has 0 aromatic heterocycles. The largest absolute Gasteiger partial charge is 0.493 e. The lowest BCUT2D eigenvalue weighted by Gasteiger charge is -2.29. The number of carbonyl (C=O) groups excluding carboxylic acids is 2. The second kappa shape index (κ2) is 9.64. The molecule has 1 aromatic rings. The monoisotopic (exact) mass is 440 g/mol. The van der Waals surface area contributed by atoms with Gasteiger partial charge in [-0.15, -0.1) is 0 Å². The first-order valence-corrected chi connectivity index (χ1v) is 9.67. The second-order valence-electron chi connectivity index (χ2n) is 6.02. The SMILES string of the molecule is CCCCOc1cc(Br)c(C2NC(=O)NC(C)=C2C(=O)OCC)cc1OC. The fourth-order valence-electron chi connectivity index (χ4n) is 2.78. The lowest BCUT2D eigenvalue weighted by Crippen LogP contribution is -2.45. The Morgan fingerprint density at radius 2 is 2.00 bits per heavy atom. The highest BCUT2D eigenvalue weighted by molar-refractivity contribution is 9.10. The molecule has 2 N–H and O–H groups in total. The van der Waals surface area contributed by atoms with Crippen LogP contribution in [0.5, 0.6) is 11.5 Å². The zero-order valence-electron chi connectivity index (χ0n) is 16.0. The Bertz CT molecular complexity index is 748. The molecule has 1 atom stereocenters. The Balaban J connectivity index is 2.46. The number of urea groups is 1. The highest BCUT2D eigenvalue weighted by atomic mass is 79.9. The van der Waals surface area contributed by atoms with Gasteiger partial charge in [-0.1, -0.05) is 29.3 Å². The van der Waals surface area contributed by atoms with Crippen LogP contribution in [0.25, 0.3) is 0 Å². The molecule has 1 aromatic carbocycles. The molecule has 2 rings (SSSR count). The third-order valence-electron chi connectivity index (χ3n) is 4.11.